The number of hydrogen-bond acceptors (Lipinski definition) is 4. The highest BCUT2D eigenvalue weighted by Crippen LogP contribution is 2.44. The van der Waals surface area contributed by atoms with Gasteiger partial charge >= 0.3 is 0 Å². The predicted octanol–water partition coefficient (Wildman–Crippen LogP) is 3.47. The molecule has 2 fully saturated rings. The summed E-state index contributed by atoms with van der Waals surface area (Å²) in [5.41, 5.74) is 8.96. The fourth-order valence-corrected chi connectivity index (χ4v) is 5.03. The zero-order chi connectivity index (χ0) is 19.1. The number of carbonyl (C=O) groups excluding carboxylic acids is 1. The average Bonchev–Trinajstić information content (AvgIpc) is 3.02. The highest BCUT2D eigenvalue weighted by molar-refractivity contribution is 5.95. The van der Waals surface area contributed by atoms with Crippen molar-refractivity contribution in [3.63, 3.8) is 0 Å². The van der Waals surface area contributed by atoms with Crippen molar-refractivity contribution in [2.24, 2.45) is 5.73 Å². The van der Waals surface area contributed by atoms with E-state index in [4.69, 9.17) is 15.2 Å². The Hall–Kier alpha value is -2.53. The van der Waals surface area contributed by atoms with Crippen molar-refractivity contribution in [3.8, 4) is 11.5 Å². The molecule has 28 heavy (non-hydrogen) atoms. The molecular formula is C23H26N2O3. The van der Waals surface area contributed by atoms with Crippen LogP contribution in [0.1, 0.15) is 53.1 Å². The molecule has 2 bridgehead atoms. The third-order valence-electron chi connectivity index (χ3n) is 6.44. The molecule has 2 aromatic carbocycles. The maximum atomic E-state index is 13.3. The van der Waals surface area contributed by atoms with E-state index < -0.39 is 0 Å². The molecule has 2 N–H and O–H groups in total. The predicted molar refractivity (Wildman–Crippen MR) is 107 cm³/mol. The van der Waals surface area contributed by atoms with E-state index in [0.29, 0.717) is 49.1 Å². The van der Waals surface area contributed by atoms with E-state index in [1.54, 1.807) is 0 Å². The third kappa shape index (κ3) is 3.04. The summed E-state index contributed by atoms with van der Waals surface area (Å²) in [6, 6.07) is 14.9. The molecule has 2 aromatic rings. The van der Waals surface area contributed by atoms with Gasteiger partial charge in [0.15, 0.2) is 11.5 Å². The molecule has 146 valence electrons. The highest BCUT2D eigenvalue weighted by Gasteiger charge is 2.43. The van der Waals surface area contributed by atoms with Gasteiger partial charge in [0.2, 0.25) is 0 Å². The smallest absolute Gasteiger partial charge is 0.254 e. The summed E-state index contributed by atoms with van der Waals surface area (Å²) in [6.45, 7) is 1.67. The van der Waals surface area contributed by atoms with Crippen LogP contribution < -0.4 is 15.2 Å². The number of nitrogens with zero attached hydrogens (tertiary/aromatic N) is 1. The number of ether oxygens (including phenoxy) is 2. The van der Waals surface area contributed by atoms with E-state index in [-0.39, 0.29) is 5.91 Å². The Morgan fingerprint density at radius 1 is 0.964 bits per heavy atom. The standard InChI is InChI=1S/C23H26N2O3/c24-14-15-1-3-16(4-2-15)18-11-19-6-7-20(12-18)25(19)23(26)17-5-8-21-22(13-17)28-10-9-27-21/h1-5,8,13,18-20H,6-7,9-12,14,24H2. The van der Waals surface area contributed by atoms with Gasteiger partial charge in [-0.25, -0.2) is 0 Å². The van der Waals surface area contributed by atoms with Crippen LogP contribution in [-0.2, 0) is 6.54 Å². The molecule has 0 radical (unpaired) electrons. The van der Waals surface area contributed by atoms with Crippen LogP contribution >= 0.6 is 0 Å². The molecule has 5 nitrogen and oxygen atoms in total. The van der Waals surface area contributed by atoms with E-state index in [9.17, 15) is 4.79 Å². The molecular weight excluding hydrogens is 352 g/mol. The number of rotatable bonds is 3. The Kier molecular flexibility index (Phi) is 4.47. The minimum atomic E-state index is 0.126. The second kappa shape index (κ2) is 7.13. The maximum absolute atomic E-state index is 13.3. The van der Waals surface area contributed by atoms with E-state index >= 15 is 0 Å². The summed E-state index contributed by atoms with van der Waals surface area (Å²) < 4.78 is 11.2. The number of hydrogen-bond donors (Lipinski definition) is 1. The van der Waals surface area contributed by atoms with Crippen LogP contribution in [0.5, 0.6) is 11.5 Å². The molecule has 3 aliphatic rings. The molecule has 0 spiro atoms. The van der Waals surface area contributed by atoms with Crippen LogP contribution in [0.25, 0.3) is 0 Å². The van der Waals surface area contributed by atoms with Gasteiger partial charge in [-0.3, -0.25) is 4.79 Å². The molecule has 2 unspecified atom stereocenters. The van der Waals surface area contributed by atoms with Crippen LogP contribution in [0.2, 0.25) is 0 Å². The van der Waals surface area contributed by atoms with E-state index in [1.165, 1.54) is 5.56 Å². The summed E-state index contributed by atoms with van der Waals surface area (Å²) in [5, 5.41) is 0. The lowest BCUT2D eigenvalue weighted by Crippen LogP contribution is -2.46. The van der Waals surface area contributed by atoms with E-state index in [1.807, 2.05) is 18.2 Å². The first-order valence-electron chi connectivity index (χ1n) is 10.2. The van der Waals surface area contributed by atoms with E-state index in [2.05, 4.69) is 29.2 Å². The molecule has 5 rings (SSSR count). The largest absolute Gasteiger partial charge is 0.486 e. The second-order valence-electron chi connectivity index (χ2n) is 8.07. The van der Waals surface area contributed by atoms with Crippen molar-refractivity contribution >= 4 is 5.91 Å². The number of fused-ring (bicyclic) bond motifs is 3. The van der Waals surface area contributed by atoms with Crippen molar-refractivity contribution in [1.29, 1.82) is 0 Å². The molecule has 5 heteroatoms. The Balaban J connectivity index is 1.34. The van der Waals surface area contributed by atoms with Gasteiger partial charge in [-0.1, -0.05) is 24.3 Å². The molecule has 2 saturated heterocycles. The minimum absolute atomic E-state index is 0.126. The number of benzene rings is 2. The van der Waals surface area contributed by atoms with Crippen molar-refractivity contribution < 1.29 is 14.3 Å². The Morgan fingerprint density at radius 2 is 1.64 bits per heavy atom. The van der Waals surface area contributed by atoms with Gasteiger partial charge in [-0.15, -0.1) is 0 Å². The number of carbonyl (C=O) groups is 1. The molecule has 0 aromatic heterocycles. The highest BCUT2D eigenvalue weighted by atomic mass is 16.6. The normalized spacial score (nSPS) is 25.6. The average molecular weight is 378 g/mol. The van der Waals surface area contributed by atoms with Crippen LogP contribution in [0.3, 0.4) is 0 Å². The van der Waals surface area contributed by atoms with Gasteiger partial charge in [-0.2, -0.15) is 0 Å². The van der Waals surface area contributed by atoms with Crippen molar-refractivity contribution in [3.05, 3.63) is 59.2 Å². The summed E-state index contributed by atoms with van der Waals surface area (Å²) in [4.78, 5) is 15.4. The van der Waals surface area contributed by atoms with Crippen LogP contribution in [-0.4, -0.2) is 36.1 Å². The van der Waals surface area contributed by atoms with Gasteiger partial charge < -0.3 is 20.1 Å². The van der Waals surface area contributed by atoms with Gasteiger partial charge in [0.1, 0.15) is 13.2 Å². The molecule has 3 aliphatic heterocycles. The van der Waals surface area contributed by atoms with Crippen LogP contribution in [0, 0.1) is 0 Å². The first-order chi connectivity index (χ1) is 13.7. The van der Waals surface area contributed by atoms with E-state index in [0.717, 1.165) is 37.0 Å². The van der Waals surface area contributed by atoms with Crippen molar-refractivity contribution in [2.45, 2.75) is 50.2 Å². The molecule has 2 atom stereocenters. The summed E-state index contributed by atoms with van der Waals surface area (Å²) >= 11 is 0. The topological polar surface area (TPSA) is 64.8 Å². The SMILES string of the molecule is NCc1ccc(C2CC3CCC(C2)N3C(=O)c2ccc3c(c2)OCCO3)cc1. The van der Waals surface area contributed by atoms with Crippen LogP contribution in [0.4, 0.5) is 0 Å². The first-order valence-corrected chi connectivity index (χ1v) is 10.2. The lowest BCUT2D eigenvalue weighted by atomic mass is 9.84. The molecule has 0 aliphatic carbocycles. The summed E-state index contributed by atoms with van der Waals surface area (Å²) in [5.74, 6) is 2.06. The summed E-state index contributed by atoms with van der Waals surface area (Å²) in [6.07, 6.45) is 4.26. The molecule has 3 heterocycles. The maximum Gasteiger partial charge on any atom is 0.254 e. The summed E-state index contributed by atoms with van der Waals surface area (Å²) in [7, 11) is 0. The van der Waals surface area contributed by atoms with Crippen LogP contribution in [0.15, 0.2) is 42.5 Å². The minimum Gasteiger partial charge on any atom is -0.486 e. The Labute approximate surface area is 165 Å². The molecule has 1 amide bonds. The first kappa shape index (κ1) is 17.6. The zero-order valence-electron chi connectivity index (χ0n) is 16.0. The van der Waals surface area contributed by atoms with Crippen molar-refractivity contribution in [2.75, 3.05) is 13.2 Å². The number of piperidine rings is 1. The lowest BCUT2D eigenvalue weighted by Gasteiger charge is -2.39. The fraction of sp³-hybridized carbons (Fsp3) is 0.435. The number of amides is 1. The van der Waals surface area contributed by atoms with Gasteiger partial charge in [0.25, 0.3) is 5.91 Å². The third-order valence-corrected chi connectivity index (χ3v) is 6.44. The fourth-order valence-electron chi connectivity index (χ4n) is 5.03. The van der Waals surface area contributed by atoms with Gasteiger partial charge in [0, 0.05) is 24.2 Å². The molecule has 0 saturated carbocycles. The van der Waals surface area contributed by atoms with Gasteiger partial charge in [0.05, 0.1) is 0 Å². The Morgan fingerprint density at radius 3 is 2.32 bits per heavy atom. The second-order valence-corrected chi connectivity index (χ2v) is 8.07. The monoisotopic (exact) mass is 378 g/mol. The van der Waals surface area contributed by atoms with Crippen molar-refractivity contribution in [1.82, 2.24) is 4.90 Å². The Bertz CT molecular complexity index is 866. The number of nitrogens with two attached hydrogens (primary N) is 1. The lowest BCUT2D eigenvalue weighted by molar-refractivity contribution is 0.0570. The quantitative estimate of drug-likeness (QED) is 0.888. The zero-order valence-corrected chi connectivity index (χ0v) is 16.0. The van der Waals surface area contributed by atoms with Gasteiger partial charge in [-0.05, 0) is 60.9 Å².